The summed E-state index contributed by atoms with van der Waals surface area (Å²) in [4.78, 5) is 0. The first-order valence-corrected chi connectivity index (χ1v) is 8.24. The molecule has 110 valence electrons. The van der Waals surface area contributed by atoms with Gasteiger partial charge in [0.1, 0.15) is 0 Å². The Morgan fingerprint density at radius 2 is 1.43 bits per heavy atom. The van der Waals surface area contributed by atoms with Crippen LogP contribution in [0.15, 0.2) is 60.7 Å². The maximum Gasteiger partial charge on any atom is 0.0214 e. The van der Waals surface area contributed by atoms with Crippen LogP contribution in [0.3, 0.4) is 0 Å². The van der Waals surface area contributed by atoms with Crippen LogP contribution < -0.4 is 5.32 Å². The highest BCUT2D eigenvalue weighted by Gasteiger charge is 2.17. The Hall–Kier alpha value is -1.60. The van der Waals surface area contributed by atoms with Gasteiger partial charge in [0.15, 0.2) is 0 Å². The van der Waals surface area contributed by atoms with Gasteiger partial charge in [0.2, 0.25) is 0 Å². The standard InChI is InChI=1S/C20H25N/c1-3-10-18(11-4-1)20(19-12-5-2-6-13-19)16-21-15-14-17-8-7-9-17/h1-6,10-13,17,20-21H,7-9,14-16H2. The first kappa shape index (κ1) is 14.3. The molecule has 1 N–H and O–H groups in total. The zero-order chi connectivity index (χ0) is 14.3. The van der Waals surface area contributed by atoms with Crippen molar-refractivity contribution < 1.29 is 0 Å². The fraction of sp³-hybridized carbons (Fsp3) is 0.400. The van der Waals surface area contributed by atoms with Crippen LogP contribution in [0.2, 0.25) is 0 Å². The van der Waals surface area contributed by atoms with Crippen LogP contribution in [0, 0.1) is 5.92 Å². The summed E-state index contributed by atoms with van der Waals surface area (Å²) in [7, 11) is 0. The van der Waals surface area contributed by atoms with Gasteiger partial charge in [-0.2, -0.15) is 0 Å². The SMILES string of the molecule is c1ccc(C(CNCCC2CCC2)c2ccccc2)cc1. The molecule has 0 aliphatic heterocycles. The highest BCUT2D eigenvalue weighted by Crippen LogP contribution is 2.29. The minimum atomic E-state index is 0.453. The molecule has 1 aliphatic carbocycles. The van der Waals surface area contributed by atoms with Crippen molar-refractivity contribution in [1.82, 2.24) is 5.32 Å². The van der Waals surface area contributed by atoms with E-state index < -0.39 is 0 Å². The quantitative estimate of drug-likeness (QED) is 0.730. The summed E-state index contributed by atoms with van der Waals surface area (Å²) >= 11 is 0. The molecule has 0 atom stereocenters. The van der Waals surface area contributed by atoms with E-state index >= 15 is 0 Å². The Kier molecular flexibility index (Phi) is 5.07. The lowest BCUT2D eigenvalue weighted by molar-refractivity contribution is 0.292. The first-order chi connectivity index (χ1) is 10.4. The van der Waals surface area contributed by atoms with E-state index in [0.29, 0.717) is 5.92 Å². The van der Waals surface area contributed by atoms with Crippen LogP contribution in [-0.2, 0) is 0 Å². The monoisotopic (exact) mass is 279 g/mol. The Balaban J connectivity index is 1.62. The first-order valence-electron chi connectivity index (χ1n) is 8.24. The summed E-state index contributed by atoms with van der Waals surface area (Å²) in [6.45, 7) is 2.18. The number of nitrogens with one attached hydrogen (secondary N) is 1. The summed E-state index contributed by atoms with van der Waals surface area (Å²) in [5.41, 5.74) is 2.81. The lowest BCUT2D eigenvalue weighted by Gasteiger charge is -2.26. The second kappa shape index (κ2) is 7.42. The second-order valence-corrected chi connectivity index (χ2v) is 6.16. The Morgan fingerprint density at radius 1 is 0.857 bits per heavy atom. The lowest BCUT2D eigenvalue weighted by Crippen LogP contribution is -2.26. The molecular weight excluding hydrogens is 254 g/mol. The summed E-state index contributed by atoms with van der Waals surface area (Å²) in [5, 5.41) is 3.68. The Bertz CT molecular complexity index is 477. The van der Waals surface area contributed by atoms with Crippen LogP contribution in [-0.4, -0.2) is 13.1 Å². The minimum absolute atomic E-state index is 0.453. The largest absolute Gasteiger partial charge is 0.316 e. The van der Waals surface area contributed by atoms with Crippen molar-refractivity contribution >= 4 is 0 Å². The van der Waals surface area contributed by atoms with Crippen molar-refractivity contribution in [2.45, 2.75) is 31.6 Å². The van der Waals surface area contributed by atoms with E-state index in [9.17, 15) is 0 Å². The average molecular weight is 279 g/mol. The minimum Gasteiger partial charge on any atom is -0.316 e. The fourth-order valence-corrected chi connectivity index (χ4v) is 3.13. The smallest absolute Gasteiger partial charge is 0.0214 e. The molecule has 1 aliphatic rings. The highest BCUT2D eigenvalue weighted by molar-refractivity contribution is 5.32. The van der Waals surface area contributed by atoms with Crippen molar-refractivity contribution in [3.63, 3.8) is 0 Å². The molecule has 3 rings (SSSR count). The summed E-state index contributed by atoms with van der Waals surface area (Å²) in [6.07, 6.45) is 5.68. The molecule has 21 heavy (non-hydrogen) atoms. The predicted octanol–water partition coefficient (Wildman–Crippen LogP) is 4.60. The zero-order valence-corrected chi connectivity index (χ0v) is 12.7. The van der Waals surface area contributed by atoms with Gasteiger partial charge in [-0.3, -0.25) is 0 Å². The number of hydrogen-bond donors (Lipinski definition) is 1. The molecule has 2 aromatic rings. The summed E-state index contributed by atoms with van der Waals surface area (Å²) < 4.78 is 0. The third-order valence-electron chi connectivity index (χ3n) is 4.71. The third kappa shape index (κ3) is 3.95. The maximum absolute atomic E-state index is 3.68. The van der Waals surface area contributed by atoms with E-state index in [1.165, 1.54) is 36.8 Å². The van der Waals surface area contributed by atoms with Crippen LogP contribution in [0.25, 0.3) is 0 Å². The molecule has 1 saturated carbocycles. The van der Waals surface area contributed by atoms with Gasteiger partial charge in [-0.05, 0) is 30.0 Å². The fourth-order valence-electron chi connectivity index (χ4n) is 3.13. The molecule has 0 bridgehead atoms. The van der Waals surface area contributed by atoms with Crippen molar-refractivity contribution in [3.05, 3.63) is 71.8 Å². The maximum atomic E-state index is 3.68. The average Bonchev–Trinajstić information content (AvgIpc) is 2.51. The molecule has 1 nitrogen and oxygen atoms in total. The molecule has 0 radical (unpaired) electrons. The topological polar surface area (TPSA) is 12.0 Å². The van der Waals surface area contributed by atoms with E-state index in [-0.39, 0.29) is 0 Å². The van der Waals surface area contributed by atoms with Gasteiger partial charge in [-0.25, -0.2) is 0 Å². The molecule has 0 saturated heterocycles. The van der Waals surface area contributed by atoms with Crippen molar-refractivity contribution in [2.75, 3.05) is 13.1 Å². The van der Waals surface area contributed by atoms with E-state index in [4.69, 9.17) is 0 Å². The van der Waals surface area contributed by atoms with Gasteiger partial charge in [0.25, 0.3) is 0 Å². The molecular formula is C20H25N. The molecule has 1 fully saturated rings. The predicted molar refractivity (Wildman–Crippen MR) is 89.6 cm³/mol. The van der Waals surface area contributed by atoms with Crippen LogP contribution in [0.4, 0.5) is 0 Å². The van der Waals surface area contributed by atoms with E-state index in [2.05, 4.69) is 66.0 Å². The molecule has 0 amide bonds. The van der Waals surface area contributed by atoms with Gasteiger partial charge in [-0.1, -0.05) is 79.9 Å². The Labute approximate surface area is 128 Å². The van der Waals surface area contributed by atoms with E-state index in [1.54, 1.807) is 0 Å². The van der Waals surface area contributed by atoms with Crippen LogP contribution in [0.5, 0.6) is 0 Å². The van der Waals surface area contributed by atoms with Gasteiger partial charge in [-0.15, -0.1) is 0 Å². The molecule has 0 spiro atoms. The van der Waals surface area contributed by atoms with Gasteiger partial charge < -0.3 is 5.32 Å². The molecule has 0 aromatic heterocycles. The van der Waals surface area contributed by atoms with Crippen molar-refractivity contribution in [3.8, 4) is 0 Å². The molecule has 1 heteroatoms. The summed E-state index contributed by atoms with van der Waals surface area (Å²) in [6, 6.07) is 21.7. The second-order valence-electron chi connectivity index (χ2n) is 6.16. The van der Waals surface area contributed by atoms with Gasteiger partial charge >= 0.3 is 0 Å². The molecule has 2 aromatic carbocycles. The number of rotatable bonds is 7. The molecule has 0 unspecified atom stereocenters. The third-order valence-corrected chi connectivity index (χ3v) is 4.71. The lowest BCUT2D eigenvalue weighted by atomic mass is 9.83. The zero-order valence-electron chi connectivity index (χ0n) is 12.7. The van der Waals surface area contributed by atoms with Gasteiger partial charge in [0.05, 0.1) is 0 Å². The summed E-state index contributed by atoms with van der Waals surface area (Å²) in [5.74, 6) is 1.44. The van der Waals surface area contributed by atoms with Crippen LogP contribution >= 0.6 is 0 Å². The van der Waals surface area contributed by atoms with Crippen molar-refractivity contribution in [2.24, 2.45) is 5.92 Å². The van der Waals surface area contributed by atoms with Crippen molar-refractivity contribution in [1.29, 1.82) is 0 Å². The Morgan fingerprint density at radius 3 is 1.90 bits per heavy atom. The van der Waals surface area contributed by atoms with Crippen LogP contribution in [0.1, 0.15) is 42.7 Å². The molecule has 0 heterocycles. The van der Waals surface area contributed by atoms with E-state index in [0.717, 1.165) is 19.0 Å². The number of hydrogen-bond acceptors (Lipinski definition) is 1. The highest BCUT2D eigenvalue weighted by atomic mass is 14.9. The van der Waals surface area contributed by atoms with Gasteiger partial charge in [0, 0.05) is 12.5 Å². The number of benzene rings is 2. The normalized spacial score (nSPS) is 15.1. The van der Waals surface area contributed by atoms with E-state index in [1.807, 2.05) is 0 Å².